The first-order valence-electron chi connectivity index (χ1n) is 60.3. The summed E-state index contributed by atoms with van der Waals surface area (Å²) in [5, 5.41) is -15.1. The van der Waals surface area contributed by atoms with E-state index >= 15 is 0 Å². The Morgan fingerprint density at radius 1 is 0.157 bits per heavy atom. The van der Waals surface area contributed by atoms with Gasteiger partial charge in [-0.05, 0) is 223 Å². The molecule has 2 nitrogen and oxygen atoms in total. The molecule has 22 aromatic rings. The van der Waals surface area contributed by atoms with Gasteiger partial charge in [0.25, 0.3) is 0 Å². The Morgan fingerprint density at radius 3 is 0.931 bits per heavy atom. The van der Waals surface area contributed by atoms with E-state index in [1.807, 2.05) is 0 Å². The molecule has 2 heteroatoms. The minimum absolute atomic E-state index is 0.466. The summed E-state index contributed by atoms with van der Waals surface area (Å²) < 4.78 is 557. The quantitative estimate of drug-likeness (QED) is 0.123. The third-order valence-corrected chi connectivity index (χ3v) is 17.1. The fourth-order valence-corrected chi connectivity index (χ4v) is 12.8. The zero-order valence-corrected chi connectivity index (χ0v) is 50.8. The minimum Gasteiger partial charge on any atom is -0.456 e. The van der Waals surface area contributed by atoms with Crippen molar-refractivity contribution in [2.75, 3.05) is 0 Å². The summed E-state index contributed by atoms with van der Waals surface area (Å²) in [6.45, 7) is 0. The number of fused-ring (bicyclic) bond motifs is 18. The SMILES string of the molecule is [2H]c1c([2H])c(-c2c([2H])c([2H])c([2H])c3oc4c([2H])c5c([2H])c([2H])c([2H])c([2H])c5c([2H])c4c23)c([2H])c([2H])c1-c1c2c([2H])c([2H])c([2H])c([2H])c2c(-c2c([2H])c([2H])c3c(c2[2H])c([2H])c([2H])c2c([2H])c([2H])c([2H])c([2H])c23)c2c([2H])c([2H])c([2H])c([2H])c12.[2H]c1c([2H])c(-c2c([2H])c([2H])c([2H])c3oc4c([2H])c5c([2H])c([2H])c([2H])c([2H])c5c([2H])c4c23)c([2H])c([2H])c1-c1c2c([2H])c([2H])c([2H])c([2H])c2c(-c2c([2H])c3c([2H])c([2H])c([2H])c([2H])c3c3c([2H])c([2H])c([2H])c([2H])c23)c2c([2H])c([2H])c([2H])c([2H])c12. The van der Waals surface area contributed by atoms with Gasteiger partial charge in [0, 0.05) is 21.5 Å². The van der Waals surface area contributed by atoms with Crippen molar-refractivity contribution in [2.24, 2.45) is 0 Å². The van der Waals surface area contributed by atoms with Crippen LogP contribution in [0.5, 0.6) is 0 Å². The van der Waals surface area contributed by atoms with Gasteiger partial charge in [0.1, 0.15) is 22.3 Å². The van der Waals surface area contributed by atoms with Gasteiger partial charge >= 0.3 is 0 Å². The van der Waals surface area contributed by atoms with E-state index in [1.165, 1.54) is 0 Å². The van der Waals surface area contributed by atoms with Gasteiger partial charge in [-0.25, -0.2) is 0 Å². The Kier molecular flexibility index (Phi) is 5.42. The lowest BCUT2D eigenvalue weighted by atomic mass is 9.83. The molecule has 0 radical (unpaired) electrons. The van der Waals surface area contributed by atoms with Gasteiger partial charge < -0.3 is 8.83 Å². The van der Waals surface area contributed by atoms with Crippen LogP contribution in [0.4, 0.5) is 0 Å². The fourth-order valence-electron chi connectivity index (χ4n) is 12.8. The Balaban J connectivity index is 0.000000186. The van der Waals surface area contributed by atoms with Crippen LogP contribution in [0.3, 0.4) is 0 Å². The van der Waals surface area contributed by atoms with Crippen molar-refractivity contribution in [3.63, 3.8) is 0 Å². The van der Waals surface area contributed by atoms with Crippen LogP contribution >= 0.6 is 0 Å². The zero-order valence-electron chi connectivity index (χ0n) is 111. The molecule has 0 N–H and O–H groups in total. The molecule has 0 saturated carbocycles. The number of benzene rings is 20. The molecule has 20 aromatic carbocycles. The summed E-state index contributed by atoms with van der Waals surface area (Å²) in [7, 11) is 0. The molecule has 0 aliphatic carbocycles. The Morgan fingerprint density at radius 2 is 0.471 bits per heavy atom. The normalized spacial score (nSPS) is 20.2. The summed E-state index contributed by atoms with van der Waals surface area (Å²) in [6, 6.07) is -56.0. The van der Waals surface area contributed by atoms with Crippen molar-refractivity contribution in [3.05, 3.63) is 363 Å². The van der Waals surface area contributed by atoms with Crippen molar-refractivity contribution in [2.45, 2.75) is 0 Å². The first-order valence-corrected chi connectivity index (χ1v) is 30.3. The van der Waals surface area contributed by atoms with Crippen molar-refractivity contribution < 1.29 is 91.1 Å². The van der Waals surface area contributed by atoms with E-state index in [4.69, 9.17) is 56.8 Å². The lowest BCUT2D eigenvalue weighted by Crippen LogP contribution is -1.92. The second-order valence-electron chi connectivity index (χ2n) is 22.5. The molecule has 0 saturated heterocycles. The zero-order chi connectivity index (χ0) is 119. The number of rotatable bonds is 6. The smallest absolute Gasteiger partial charge is 0.136 e. The van der Waals surface area contributed by atoms with Gasteiger partial charge in [0.15, 0.2) is 0 Å². The molecule has 0 bridgehead atoms. The van der Waals surface area contributed by atoms with Gasteiger partial charge in [0.2, 0.25) is 0 Å². The maximum absolute atomic E-state index is 9.84. The molecule has 0 amide bonds. The monoisotopic (exact) mass is 1350 g/mol. The van der Waals surface area contributed by atoms with Gasteiger partial charge in [-0.3, -0.25) is 0 Å². The molecule has 0 unspecified atom stereocenters. The predicted octanol–water partition coefficient (Wildman–Crippen LogP) is 28.7. The fraction of sp³-hybridized carbons (Fsp3) is 0. The van der Waals surface area contributed by atoms with Crippen LogP contribution < -0.4 is 0 Å². The maximum Gasteiger partial charge on any atom is 0.136 e. The number of furan rings is 2. The molecule has 2 heterocycles. The highest BCUT2D eigenvalue weighted by Crippen LogP contribution is 2.50. The van der Waals surface area contributed by atoms with E-state index in [1.54, 1.807) is 0 Å². The predicted molar refractivity (Wildman–Crippen MR) is 435 cm³/mol. The highest BCUT2D eigenvalue weighted by atomic mass is 16.3. The standard InChI is InChI=1S/2C50H30O/c1-2-12-35-30-47-45(29-34(35)11-1)50-40(18-9-19-46(50)51-47)32-20-23-33(24-21-32)48-41-14-5-7-16-43(41)49(44-17-8-6-15-42(44)48)37-26-27-39-36(28-37)25-22-31-10-3-4-13-38(31)39;1-2-13-34-30-47-45(28-33(34)12-1)50-37(22-11-23-46(50)51-47)31-24-26-32(27-25-31)48-40-18-7-9-20-42(40)49(43-21-10-8-19-41(43)48)44-29-35-14-3-4-15-36(35)38-16-5-6-17-39(38)44/h2*1-30H/i2*1D,2D,3D,4D,5D,6D,7D,8D,9D,10D,11D,12D,13D,14D,15D,16D,17D,18D,19D,20D,21D,22D,23D,24D,25D,26D,27D,28D,29D,30D. The molecule has 22 rings (SSSR count). The van der Waals surface area contributed by atoms with Crippen LogP contribution in [0.15, 0.2) is 371 Å². The van der Waals surface area contributed by atoms with E-state index < -0.39 is 581 Å². The topological polar surface area (TPSA) is 26.3 Å². The second kappa shape index (κ2) is 23.1. The average Bonchev–Trinajstić information content (AvgIpc) is 1.04. The highest BCUT2D eigenvalue weighted by Gasteiger charge is 2.23. The molecule has 0 spiro atoms. The van der Waals surface area contributed by atoms with Gasteiger partial charge in [-0.2, -0.15) is 0 Å². The summed E-state index contributed by atoms with van der Waals surface area (Å²) in [6.07, 6.45) is 0. The third kappa shape index (κ3) is 9.13. The molecule has 0 aliphatic rings. The Hall–Kier alpha value is -13.4. The third-order valence-electron chi connectivity index (χ3n) is 17.1. The summed E-state index contributed by atoms with van der Waals surface area (Å²) >= 11 is 0. The highest BCUT2D eigenvalue weighted by molar-refractivity contribution is 6.27. The molecule has 0 fully saturated rings. The van der Waals surface area contributed by atoms with Crippen LogP contribution in [0, 0.1) is 0 Å². The molecule has 102 heavy (non-hydrogen) atoms. The first kappa shape index (κ1) is 23.9. The van der Waals surface area contributed by atoms with Crippen LogP contribution in [-0.2, 0) is 0 Å². The van der Waals surface area contributed by atoms with Gasteiger partial charge in [-0.15, -0.1) is 0 Å². The van der Waals surface area contributed by atoms with Crippen molar-refractivity contribution in [1.82, 2.24) is 0 Å². The van der Waals surface area contributed by atoms with Crippen LogP contribution in [0.2, 0.25) is 0 Å². The summed E-state index contributed by atoms with van der Waals surface area (Å²) in [5.41, 5.74) is -12.0. The Bertz CT molecular complexity index is 10900. The van der Waals surface area contributed by atoms with Crippen molar-refractivity contribution in [3.8, 4) is 66.8 Å². The van der Waals surface area contributed by atoms with E-state index in [2.05, 4.69) is 0 Å². The minimum atomic E-state index is -1.14. The largest absolute Gasteiger partial charge is 0.456 e. The molecule has 2 aromatic heterocycles. The second-order valence-corrected chi connectivity index (χ2v) is 22.5. The lowest BCUT2D eigenvalue weighted by molar-refractivity contribution is 0.669. The molecular formula is C100H60O2. The maximum atomic E-state index is 9.84. The lowest BCUT2D eigenvalue weighted by Gasteiger charge is -2.19. The van der Waals surface area contributed by atoms with E-state index in [0.29, 0.717) is 0 Å². The van der Waals surface area contributed by atoms with E-state index in [-0.39, 0.29) is 0 Å². The Labute approximate surface area is 671 Å². The van der Waals surface area contributed by atoms with Crippen LogP contribution in [0.1, 0.15) is 82.2 Å². The van der Waals surface area contributed by atoms with Crippen LogP contribution in [-0.4, -0.2) is 0 Å². The average molecular weight is 1350 g/mol. The summed E-state index contributed by atoms with van der Waals surface area (Å²) in [4.78, 5) is 0. The number of hydrogen-bond donors (Lipinski definition) is 0. The van der Waals surface area contributed by atoms with Crippen LogP contribution in [0.25, 0.3) is 218 Å². The van der Waals surface area contributed by atoms with E-state index in [9.17, 15) is 34.3 Å². The molecule has 0 atom stereocenters. The van der Waals surface area contributed by atoms with Gasteiger partial charge in [0.05, 0.1) is 82.2 Å². The van der Waals surface area contributed by atoms with Crippen molar-refractivity contribution in [1.29, 1.82) is 0 Å². The van der Waals surface area contributed by atoms with Gasteiger partial charge in [-0.1, -0.05) is 314 Å². The first-order chi connectivity index (χ1) is 75.6. The molecular weight excluding hydrogens is 1230 g/mol. The van der Waals surface area contributed by atoms with Crippen molar-refractivity contribution >= 4 is 152 Å². The van der Waals surface area contributed by atoms with E-state index in [0.717, 1.165) is 0 Å². The molecule has 472 valence electrons. The molecule has 0 aliphatic heterocycles. The summed E-state index contributed by atoms with van der Waals surface area (Å²) in [5.74, 6) is 0. The number of hydrogen-bond acceptors (Lipinski definition) is 2.